The smallest absolute Gasteiger partial charge is 0.462 e. The number of ether oxygens (including phenoxy) is 4. The van der Waals surface area contributed by atoms with E-state index in [0.717, 1.165) is 154 Å². The zero-order chi connectivity index (χ0) is 74.6. The van der Waals surface area contributed by atoms with E-state index in [0.29, 0.717) is 32.1 Å². The Hall–Kier alpha value is -5.84. The third kappa shape index (κ3) is 72.5. The van der Waals surface area contributed by atoms with Crippen molar-refractivity contribution in [2.24, 2.45) is 0 Å². The average molecular weight is 1460 g/mol. The van der Waals surface area contributed by atoms with E-state index in [1.54, 1.807) is 6.08 Å². The second kappa shape index (κ2) is 73.5. The number of aliphatic hydroxyl groups excluding tert-OH is 1. The number of esters is 4. The lowest BCUT2D eigenvalue weighted by Gasteiger charge is -2.21. The van der Waals surface area contributed by atoms with Crippen molar-refractivity contribution in [2.45, 2.75) is 277 Å². The van der Waals surface area contributed by atoms with Gasteiger partial charge in [0.1, 0.15) is 19.3 Å². The molecule has 0 aromatic carbocycles. The van der Waals surface area contributed by atoms with Gasteiger partial charge in [0.2, 0.25) is 0 Å². The van der Waals surface area contributed by atoms with Gasteiger partial charge in [0.05, 0.1) is 32.8 Å². The largest absolute Gasteiger partial charge is 0.472 e. The Labute approximate surface area is 615 Å². The van der Waals surface area contributed by atoms with Crippen molar-refractivity contribution < 1.29 is 80.2 Å². The molecule has 0 aliphatic heterocycles. The van der Waals surface area contributed by atoms with Crippen molar-refractivity contribution in [2.75, 3.05) is 39.6 Å². The van der Waals surface area contributed by atoms with E-state index < -0.39 is 97.5 Å². The fourth-order valence-electron chi connectivity index (χ4n) is 9.19. The molecule has 102 heavy (non-hydrogen) atoms. The average Bonchev–Trinajstić information content (AvgIpc) is 0.926. The van der Waals surface area contributed by atoms with Gasteiger partial charge in [0, 0.05) is 19.3 Å². The highest BCUT2D eigenvalue weighted by Crippen LogP contribution is 2.45. The molecule has 19 heteroatoms. The van der Waals surface area contributed by atoms with Gasteiger partial charge in [0.25, 0.3) is 0 Å². The molecule has 0 heterocycles. The number of carbonyl (C=O) groups is 4. The van der Waals surface area contributed by atoms with Crippen LogP contribution in [0, 0.1) is 0 Å². The lowest BCUT2D eigenvalue weighted by Crippen LogP contribution is -2.30. The fourth-order valence-corrected chi connectivity index (χ4v) is 10.8. The Morgan fingerprint density at radius 3 is 0.892 bits per heavy atom. The van der Waals surface area contributed by atoms with Crippen LogP contribution in [0.15, 0.2) is 182 Å². The molecule has 576 valence electrons. The van der Waals surface area contributed by atoms with Gasteiger partial charge < -0.3 is 33.8 Å². The highest BCUT2D eigenvalue weighted by molar-refractivity contribution is 7.47. The highest BCUT2D eigenvalue weighted by atomic mass is 31.2. The molecule has 3 N–H and O–H groups in total. The molecule has 5 unspecified atom stereocenters. The molecule has 0 rings (SSSR count). The van der Waals surface area contributed by atoms with Crippen LogP contribution >= 0.6 is 15.6 Å². The molecular formula is C83H132O17P2. The van der Waals surface area contributed by atoms with Crippen LogP contribution in [0.2, 0.25) is 0 Å². The molecule has 0 spiro atoms. The molecular weight excluding hydrogens is 1330 g/mol. The topological polar surface area (TPSA) is 237 Å². The molecule has 0 amide bonds. The predicted molar refractivity (Wildman–Crippen MR) is 417 cm³/mol. The quantitative estimate of drug-likeness (QED) is 0.0169. The summed E-state index contributed by atoms with van der Waals surface area (Å²) in [5.41, 5.74) is 0. The Kier molecular flexibility index (Phi) is 69.3. The molecule has 0 aliphatic carbocycles. The minimum atomic E-state index is -5.02. The molecule has 5 atom stereocenters. The summed E-state index contributed by atoms with van der Waals surface area (Å²) in [6.45, 7) is 4.26. The van der Waals surface area contributed by atoms with Gasteiger partial charge >= 0.3 is 39.5 Å². The summed E-state index contributed by atoms with van der Waals surface area (Å²) in [5, 5.41) is 10.6. The first-order valence-electron chi connectivity index (χ1n) is 38.0. The van der Waals surface area contributed by atoms with Crippen LogP contribution in [0.25, 0.3) is 0 Å². The van der Waals surface area contributed by atoms with E-state index in [-0.39, 0.29) is 25.7 Å². The number of rotatable bonds is 69. The Balaban J connectivity index is 5.52. The van der Waals surface area contributed by atoms with Crippen molar-refractivity contribution >= 4 is 39.5 Å². The molecule has 0 fully saturated rings. The van der Waals surface area contributed by atoms with Crippen LogP contribution in [-0.2, 0) is 65.4 Å². The van der Waals surface area contributed by atoms with Gasteiger partial charge in [-0.3, -0.25) is 37.3 Å². The summed E-state index contributed by atoms with van der Waals surface area (Å²) in [5.74, 6) is -2.43. The number of aliphatic hydroxyl groups is 1. The van der Waals surface area contributed by atoms with Gasteiger partial charge in [0.15, 0.2) is 12.2 Å². The summed E-state index contributed by atoms with van der Waals surface area (Å²) in [6, 6.07) is 0. The van der Waals surface area contributed by atoms with Crippen LogP contribution in [0.1, 0.15) is 259 Å². The lowest BCUT2D eigenvalue weighted by molar-refractivity contribution is -0.161. The Morgan fingerprint density at radius 1 is 0.294 bits per heavy atom. The maximum absolute atomic E-state index is 13.1. The van der Waals surface area contributed by atoms with Crippen molar-refractivity contribution in [3.8, 4) is 0 Å². The minimum Gasteiger partial charge on any atom is -0.462 e. The maximum Gasteiger partial charge on any atom is 0.472 e. The maximum atomic E-state index is 13.1. The Morgan fingerprint density at radius 2 is 0.549 bits per heavy atom. The van der Waals surface area contributed by atoms with Gasteiger partial charge in [-0.25, -0.2) is 9.13 Å². The Bertz CT molecular complexity index is 2650. The third-order valence-corrected chi connectivity index (χ3v) is 16.8. The fraction of sp³-hybridized carbons (Fsp3) is 0.590. The van der Waals surface area contributed by atoms with E-state index in [2.05, 4.69) is 180 Å². The SMILES string of the molecule is CC/C=C\C/C=C\C/C=C\C/C=C\C/C=C\CC(=O)OCC(COP(=O)(O)OCC(O)COP(=O)(O)OCC(COC(=O)CCCCCC/C=C\C/C=C\C/C=C\C/C=C\CC)OC(=O)CCCCCCC/C=C\C/C=C\CCCCC)OC(=O)CCCC/C=C\C/C=C\C/C=C\C/C=C\CC. The summed E-state index contributed by atoms with van der Waals surface area (Å²) >= 11 is 0. The summed E-state index contributed by atoms with van der Waals surface area (Å²) in [6.07, 6.45) is 87.7. The first kappa shape index (κ1) is 96.2. The normalized spacial score (nSPS) is 14.9. The molecule has 0 bridgehead atoms. The molecule has 0 aliphatic rings. The second-order valence-corrected chi connectivity index (χ2v) is 27.4. The monoisotopic (exact) mass is 1460 g/mol. The van der Waals surface area contributed by atoms with E-state index in [1.165, 1.54) is 19.3 Å². The van der Waals surface area contributed by atoms with Crippen LogP contribution < -0.4 is 0 Å². The van der Waals surface area contributed by atoms with Crippen molar-refractivity contribution in [1.82, 2.24) is 0 Å². The molecule has 17 nitrogen and oxygen atoms in total. The van der Waals surface area contributed by atoms with Gasteiger partial charge in [-0.15, -0.1) is 0 Å². The van der Waals surface area contributed by atoms with E-state index in [1.807, 2.05) is 24.3 Å². The second-order valence-electron chi connectivity index (χ2n) is 24.5. The van der Waals surface area contributed by atoms with E-state index in [9.17, 15) is 43.2 Å². The standard InChI is InChI=1S/C83H132O17P2/c1-5-9-13-17-21-25-29-33-37-38-42-44-48-52-56-60-64-68-81(86)94-74-79(100-83(88)70-66-62-58-54-50-46-41-36-32-28-24-20-16-12-8-4)76-98-102(91,92)96-72-77(84)71-95-101(89,90)97-75-78(99-82(87)69-65-61-57-53-49-45-40-35-31-27-23-19-15-11-7-3)73-93-80(85)67-63-59-55-51-47-43-39-34-30-26-22-18-14-10-6-2/h9-11,13-15,21-28,33-37,39-42,44,47,49,51,53,59,63,77-79,84H,5-8,12,16-20,29-32,38,43,45-46,48,50,52,54-58,60-62,64-76H2,1-4H3,(H,89,90)(H,91,92)/b13-9-,14-10-,15-11-,25-21-,26-22-,27-23-,28-24-,37-33-,39-34-,40-35-,41-36-,44-42-,51-47-,53-49-,63-59-. The van der Waals surface area contributed by atoms with Crippen molar-refractivity contribution in [1.29, 1.82) is 0 Å². The molecule has 0 saturated carbocycles. The zero-order valence-electron chi connectivity index (χ0n) is 62.7. The number of phosphoric ester groups is 2. The lowest BCUT2D eigenvalue weighted by atomic mass is 10.1. The number of unbranched alkanes of at least 4 members (excludes halogenated alkanes) is 14. The van der Waals surface area contributed by atoms with E-state index >= 15 is 0 Å². The first-order chi connectivity index (χ1) is 49.7. The van der Waals surface area contributed by atoms with Crippen molar-refractivity contribution in [3.05, 3.63) is 182 Å². The summed E-state index contributed by atoms with van der Waals surface area (Å²) in [4.78, 5) is 72.8. The number of hydrogen-bond donors (Lipinski definition) is 3. The van der Waals surface area contributed by atoms with Gasteiger partial charge in [-0.1, -0.05) is 255 Å². The molecule has 0 aromatic rings. The van der Waals surface area contributed by atoms with Crippen LogP contribution in [0.4, 0.5) is 0 Å². The van der Waals surface area contributed by atoms with Gasteiger partial charge in [-0.05, 0) is 161 Å². The van der Waals surface area contributed by atoms with E-state index in [4.69, 9.17) is 37.0 Å². The third-order valence-electron chi connectivity index (χ3n) is 14.9. The zero-order valence-corrected chi connectivity index (χ0v) is 64.5. The molecule has 0 aromatic heterocycles. The van der Waals surface area contributed by atoms with Crippen LogP contribution in [0.3, 0.4) is 0 Å². The van der Waals surface area contributed by atoms with Crippen molar-refractivity contribution in [3.63, 3.8) is 0 Å². The summed E-state index contributed by atoms with van der Waals surface area (Å²) in [7, 11) is -10.0. The first-order valence-corrected chi connectivity index (χ1v) is 41.0. The number of allylic oxidation sites excluding steroid dienone is 29. The number of hydrogen-bond acceptors (Lipinski definition) is 15. The number of phosphoric acid groups is 2. The molecule has 0 saturated heterocycles. The summed E-state index contributed by atoms with van der Waals surface area (Å²) < 4.78 is 68.3. The minimum absolute atomic E-state index is 0.0153. The van der Waals surface area contributed by atoms with Crippen LogP contribution in [0.5, 0.6) is 0 Å². The molecule has 0 radical (unpaired) electrons. The van der Waals surface area contributed by atoms with Crippen LogP contribution in [-0.4, -0.2) is 96.7 Å². The number of carbonyl (C=O) groups excluding carboxylic acids is 4. The highest BCUT2D eigenvalue weighted by Gasteiger charge is 2.30. The van der Waals surface area contributed by atoms with Gasteiger partial charge in [-0.2, -0.15) is 0 Å². The predicted octanol–water partition coefficient (Wildman–Crippen LogP) is 22.0.